The summed E-state index contributed by atoms with van der Waals surface area (Å²) in [6.45, 7) is 8.03. The number of carbonyl (C=O) groups excluding carboxylic acids is 1. The van der Waals surface area contributed by atoms with Gasteiger partial charge >= 0.3 is 6.09 Å². The lowest BCUT2D eigenvalue weighted by Gasteiger charge is -2.19. The molecule has 2 heterocycles. The fourth-order valence-corrected chi connectivity index (χ4v) is 1.91. The van der Waals surface area contributed by atoms with Gasteiger partial charge in [0.1, 0.15) is 5.60 Å². The first-order valence-electron chi connectivity index (χ1n) is 6.89. The second-order valence-corrected chi connectivity index (χ2v) is 5.59. The lowest BCUT2D eigenvalue weighted by molar-refractivity contribution is 0.0544. The smallest absolute Gasteiger partial charge is 0.419 e. The predicted molar refractivity (Wildman–Crippen MR) is 82.0 cm³/mol. The zero-order valence-corrected chi connectivity index (χ0v) is 12.8. The van der Waals surface area contributed by atoms with Gasteiger partial charge in [-0.05, 0) is 39.8 Å². The number of aromatic nitrogens is 2. The van der Waals surface area contributed by atoms with Crippen molar-refractivity contribution in [2.75, 3.05) is 6.61 Å². The molecule has 5 nitrogen and oxygen atoms in total. The van der Waals surface area contributed by atoms with Crippen molar-refractivity contribution >= 4 is 23.1 Å². The molecule has 0 spiro atoms. The summed E-state index contributed by atoms with van der Waals surface area (Å²) in [6.07, 6.45) is 8.10. The highest BCUT2D eigenvalue weighted by Gasteiger charge is 2.20. The van der Waals surface area contributed by atoms with Crippen molar-refractivity contribution in [3.8, 4) is 0 Å². The summed E-state index contributed by atoms with van der Waals surface area (Å²) >= 11 is 0. The number of carbonyl (C=O) groups is 1. The Kier molecular flexibility index (Phi) is 4.31. The second kappa shape index (κ2) is 5.99. The van der Waals surface area contributed by atoms with Crippen LogP contribution in [0.5, 0.6) is 0 Å². The first kappa shape index (κ1) is 15.1. The monoisotopic (exact) mass is 288 g/mol. The van der Waals surface area contributed by atoms with Gasteiger partial charge in [0.05, 0.1) is 24.6 Å². The van der Waals surface area contributed by atoms with E-state index in [1.54, 1.807) is 24.9 Å². The van der Waals surface area contributed by atoms with Crippen molar-refractivity contribution in [3.05, 3.63) is 36.5 Å². The molecule has 2 aromatic rings. The van der Waals surface area contributed by atoms with Crippen LogP contribution in [0.15, 0.2) is 30.9 Å². The molecule has 0 aromatic carbocycles. The third kappa shape index (κ3) is 3.62. The number of nitrogens with zero attached hydrogens (tertiary/aromatic N) is 2. The third-order valence-electron chi connectivity index (χ3n) is 2.74. The van der Waals surface area contributed by atoms with E-state index in [0.29, 0.717) is 12.1 Å². The average molecular weight is 288 g/mol. The Morgan fingerprint density at radius 1 is 1.43 bits per heavy atom. The molecule has 2 rings (SSSR count). The summed E-state index contributed by atoms with van der Waals surface area (Å²) in [5.74, 6) is 0. The van der Waals surface area contributed by atoms with E-state index in [-0.39, 0.29) is 0 Å². The standard InChI is InChI=1S/C16H20N2O3/c1-5-20-9-7-12-11-18(15(19)21-16(2,3)4)14-10-17-8-6-13(12)14/h6-11H,5H2,1-4H3/b9-7+. The summed E-state index contributed by atoms with van der Waals surface area (Å²) < 4.78 is 12.1. The molecule has 0 aliphatic carbocycles. The summed E-state index contributed by atoms with van der Waals surface area (Å²) in [7, 11) is 0. The Morgan fingerprint density at radius 3 is 2.86 bits per heavy atom. The molecular weight excluding hydrogens is 268 g/mol. The zero-order valence-electron chi connectivity index (χ0n) is 12.8. The molecule has 0 fully saturated rings. The second-order valence-electron chi connectivity index (χ2n) is 5.59. The molecule has 0 bridgehead atoms. The van der Waals surface area contributed by atoms with Crippen LogP contribution in [0.4, 0.5) is 4.79 Å². The van der Waals surface area contributed by atoms with Gasteiger partial charge in [-0.2, -0.15) is 0 Å². The minimum Gasteiger partial charge on any atom is -0.501 e. The number of pyridine rings is 1. The molecule has 0 aliphatic heterocycles. The van der Waals surface area contributed by atoms with Gasteiger partial charge in [0, 0.05) is 23.3 Å². The quantitative estimate of drug-likeness (QED) is 0.805. The third-order valence-corrected chi connectivity index (χ3v) is 2.74. The van der Waals surface area contributed by atoms with Gasteiger partial charge < -0.3 is 9.47 Å². The first-order valence-corrected chi connectivity index (χ1v) is 6.89. The Balaban J connectivity index is 2.43. The maximum absolute atomic E-state index is 12.3. The number of fused-ring (bicyclic) bond motifs is 1. The number of ether oxygens (including phenoxy) is 2. The van der Waals surface area contributed by atoms with Crippen molar-refractivity contribution in [1.29, 1.82) is 0 Å². The van der Waals surface area contributed by atoms with Crippen LogP contribution in [-0.2, 0) is 9.47 Å². The summed E-state index contributed by atoms with van der Waals surface area (Å²) in [4.78, 5) is 16.4. The van der Waals surface area contributed by atoms with Gasteiger partial charge in [0.15, 0.2) is 0 Å². The van der Waals surface area contributed by atoms with Crippen molar-refractivity contribution < 1.29 is 14.3 Å². The van der Waals surface area contributed by atoms with E-state index in [1.165, 1.54) is 4.57 Å². The summed E-state index contributed by atoms with van der Waals surface area (Å²) in [6, 6.07) is 1.86. The van der Waals surface area contributed by atoms with E-state index in [1.807, 2.05) is 39.8 Å². The minimum atomic E-state index is -0.544. The lowest BCUT2D eigenvalue weighted by Crippen LogP contribution is -2.26. The molecule has 0 unspecified atom stereocenters. The highest BCUT2D eigenvalue weighted by Crippen LogP contribution is 2.23. The normalized spacial score (nSPS) is 12.0. The van der Waals surface area contributed by atoms with Gasteiger partial charge in [-0.15, -0.1) is 0 Å². The molecule has 0 saturated carbocycles. The van der Waals surface area contributed by atoms with Crippen molar-refractivity contribution in [2.45, 2.75) is 33.3 Å². The van der Waals surface area contributed by atoms with Crippen molar-refractivity contribution in [2.24, 2.45) is 0 Å². The van der Waals surface area contributed by atoms with E-state index >= 15 is 0 Å². The maximum atomic E-state index is 12.3. The van der Waals surface area contributed by atoms with Crippen molar-refractivity contribution in [1.82, 2.24) is 9.55 Å². The van der Waals surface area contributed by atoms with E-state index in [9.17, 15) is 4.79 Å². The van der Waals surface area contributed by atoms with Gasteiger partial charge in [0.2, 0.25) is 0 Å². The number of hydrogen-bond donors (Lipinski definition) is 0. The number of rotatable bonds is 3. The maximum Gasteiger partial charge on any atom is 0.419 e. The van der Waals surface area contributed by atoms with Gasteiger partial charge in [-0.3, -0.25) is 9.55 Å². The summed E-state index contributed by atoms with van der Waals surface area (Å²) in [5.41, 5.74) is 1.05. The molecule has 0 atom stereocenters. The highest BCUT2D eigenvalue weighted by molar-refractivity contribution is 5.95. The van der Waals surface area contributed by atoms with Gasteiger partial charge in [-0.25, -0.2) is 4.79 Å². The zero-order chi connectivity index (χ0) is 15.5. The molecule has 112 valence electrons. The highest BCUT2D eigenvalue weighted by atomic mass is 16.6. The van der Waals surface area contributed by atoms with E-state index in [4.69, 9.17) is 9.47 Å². The van der Waals surface area contributed by atoms with Crippen LogP contribution in [0.1, 0.15) is 33.3 Å². The fourth-order valence-electron chi connectivity index (χ4n) is 1.91. The average Bonchev–Trinajstić information content (AvgIpc) is 2.77. The fraction of sp³-hybridized carbons (Fsp3) is 0.375. The van der Waals surface area contributed by atoms with E-state index in [0.717, 1.165) is 10.9 Å². The Labute approximate surface area is 124 Å². The summed E-state index contributed by atoms with van der Waals surface area (Å²) in [5, 5.41) is 0.923. The largest absolute Gasteiger partial charge is 0.501 e. The topological polar surface area (TPSA) is 53.4 Å². The lowest BCUT2D eigenvalue weighted by atomic mass is 10.2. The Morgan fingerprint density at radius 2 is 2.19 bits per heavy atom. The Hall–Kier alpha value is -2.30. The van der Waals surface area contributed by atoms with Crippen LogP contribution in [0.3, 0.4) is 0 Å². The molecule has 0 amide bonds. The first-order chi connectivity index (χ1) is 9.92. The van der Waals surface area contributed by atoms with Crippen LogP contribution in [0.2, 0.25) is 0 Å². The molecular formula is C16H20N2O3. The van der Waals surface area contributed by atoms with Crippen molar-refractivity contribution in [3.63, 3.8) is 0 Å². The van der Waals surface area contributed by atoms with E-state index in [2.05, 4.69) is 4.98 Å². The Bertz CT molecular complexity index is 666. The van der Waals surface area contributed by atoms with Crippen LogP contribution in [0, 0.1) is 0 Å². The molecule has 21 heavy (non-hydrogen) atoms. The van der Waals surface area contributed by atoms with Crippen LogP contribution in [-0.4, -0.2) is 27.9 Å². The SMILES string of the molecule is CCO/C=C/c1cn(C(=O)OC(C)(C)C)c2cnccc12. The minimum absolute atomic E-state index is 0.420. The van der Waals surface area contributed by atoms with Crippen LogP contribution in [0.25, 0.3) is 17.0 Å². The molecule has 0 radical (unpaired) electrons. The molecule has 0 N–H and O–H groups in total. The molecule has 0 aliphatic rings. The van der Waals surface area contributed by atoms with Crippen LogP contribution >= 0.6 is 0 Å². The predicted octanol–water partition coefficient (Wildman–Crippen LogP) is 3.83. The van der Waals surface area contributed by atoms with Gasteiger partial charge in [-0.1, -0.05) is 0 Å². The molecule has 5 heteroatoms. The number of hydrogen-bond acceptors (Lipinski definition) is 4. The molecule has 2 aromatic heterocycles. The van der Waals surface area contributed by atoms with Crippen LogP contribution < -0.4 is 0 Å². The van der Waals surface area contributed by atoms with E-state index < -0.39 is 11.7 Å². The molecule has 0 saturated heterocycles. The van der Waals surface area contributed by atoms with Gasteiger partial charge in [0.25, 0.3) is 0 Å².